The Morgan fingerprint density at radius 3 is 2.83 bits per heavy atom. The van der Waals surface area contributed by atoms with Crippen LogP contribution in [0.25, 0.3) is 0 Å². The highest BCUT2D eigenvalue weighted by atomic mass is 16.5. The number of ether oxygens (including phenoxy) is 1. The predicted octanol–water partition coefficient (Wildman–Crippen LogP) is 0.856. The van der Waals surface area contributed by atoms with Gasteiger partial charge in [-0.25, -0.2) is 0 Å². The van der Waals surface area contributed by atoms with Crippen LogP contribution in [0.4, 0.5) is 17.6 Å². The van der Waals surface area contributed by atoms with Crippen molar-refractivity contribution in [1.29, 1.82) is 0 Å². The second kappa shape index (κ2) is 7.31. The summed E-state index contributed by atoms with van der Waals surface area (Å²) in [7, 11) is 1.76. The monoisotopic (exact) mass is 253 g/mol. The number of anilines is 3. The van der Waals surface area contributed by atoms with Crippen molar-refractivity contribution in [3.63, 3.8) is 0 Å². The Labute approximate surface area is 106 Å². The summed E-state index contributed by atoms with van der Waals surface area (Å²) in [5, 5.41) is 5.97. The highest BCUT2D eigenvalue weighted by molar-refractivity contribution is 5.69. The molecule has 0 spiro atoms. The molecule has 7 heteroatoms. The number of carbonyl (C=O) groups excluding carboxylic acids is 1. The van der Waals surface area contributed by atoms with Gasteiger partial charge in [-0.3, -0.25) is 4.79 Å². The molecule has 100 valence electrons. The Morgan fingerprint density at radius 1 is 1.44 bits per heavy atom. The summed E-state index contributed by atoms with van der Waals surface area (Å²) < 4.78 is 4.83. The largest absolute Gasteiger partial charge is 0.466 e. The Morgan fingerprint density at radius 2 is 2.17 bits per heavy atom. The molecule has 0 aliphatic carbocycles. The van der Waals surface area contributed by atoms with Gasteiger partial charge < -0.3 is 21.1 Å². The molecule has 18 heavy (non-hydrogen) atoms. The molecule has 0 saturated carbocycles. The number of nitrogens with zero attached hydrogens (tertiary/aromatic N) is 2. The molecule has 1 rings (SSSR count). The highest BCUT2D eigenvalue weighted by Gasteiger charge is 2.03. The molecule has 0 saturated heterocycles. The number of nitrogens with one attached hydrogen (secondary N) is 2. The number of aromatic nitrogens is 2. The summed E-state index contributed by atoms with van der Waals surface area (Å²) >= 11 is 0. The molecule has 0 fully saturated rings. The van der Waals surface area contributed by atoms with Crippen LogP contribution in [0, 0.1) is 0 Å². The lowest BCUT2D eigenvalue weighted by molar-refractivity contribution is -0.143. The van der Waals surface area contributed by atoms with Gasteiger partial charge in [-0.1, -0.05) is 0 Å². The molecule has 0 unspecified atom stereocenters. The first-order valence-corrected chi connectivity index (χ1v) is 5.87. The average molecular weight is 253 g/mol. The summed E-state index contributed by atoms with van der Waals surface area (Å²) in [5.41, 5.74) is 5.55. The molecule has 1 heterocycles. The van der Waals surface area contributed by atoms with Crippen LogP contribution in [0.2, 0.25) is 0 Å². The van der Waals surface area contributed by atoms with Crippen LogP contribution < -0.4 is 16.4 Å². The molecule has 7 nitrogen and oxygen atoms in total. The van der Waals surface area contributed by atoms with Crippen molar-refractivity contribution >= 4 is 23.6 Å². The smallest absolute Gasteiger partial charge is 0.305 e. The molecule has 1 aromatic heterocycles. The Balaban J connectivity index is 2.35. The van der Waals surface area contributed by atoms with Crippen molar-refractivity contribution in [3.8, 4) is 0 Å². The maximum absolute atomic E-state index is 11.1. The standard InChI is InChI=1S/C11H19N5O2/c1-3-18-10(17)5-4-6-14-9-7-8(13-2)15-11(12)16-9/h7H,3-6H2,1-2H3,(H4,12,13,14,15,16). The number of nitrogen functional groups attached to an aromatic ring is 1. The van der Waals surface area contributed by atoms with E-state index in [1.807, 2.05) is 0 Å². The van der Waals surface area contributed by atoms with E-state index >= 15 is 0 Å². The molecule has 0 bridgehead atoms. The number of nitrogens with two attached hydrogens (primary N) is 1. The zero-order valence-electron chi connectivity index (χ0n) is 10.7. The molecule has 0 aromatic carbocycles. The Bertz CT molecular complexity index is 397. The van der Waals surface area contributed by atoms with Gasteiger partial charge in [0, 0.05) is 26.1 Å². The summed E-state index contributed by atoms with van der Waals surface area (Å²) in [5.74, 6) is 1.30. The number of esters is 1. The van der Waals surface area contributed by atoms with Gasteiger partial charge >= 0.3 is 5.97 Å². The lowest BCUT2D eigenvalue weighted by Gasteiger charge is -2.07. The van der Waals surface area contributed by atoms with Crippen molar-refractivity contribution in [2.45, 2.75) is 19.8 Å². The van der Waals surface area contributed by atoms with Gasteiger partial charge in [0.25, 0.3) is 0 Å². The first-order valence-electron chi connectivity index (χ1n) is 5.87. The third-order valence-corrected chi connectivity index (χ3v) is 2.17. The van der Waals surface area contributed by atoms with E-state index < -0.39 is 0 Å². The van der Waals surface area contributed by atoms with Gasteiger partial charge in [-0.05, 0) is 13.3 Å². The number of hydrogen-bond acceptors (Lipinski definition) is 7. The lowest BCUT2D eigenvalue weighted by Crippen LogP contribution is -2.10. The number of rotatable bonds is 7. The highest BCUT2D eigenvalue weighted by Crippen LogP contribution is 2.11. The fourth-order valence-corrected chi connectivity index (χ4v) is 1.37. The molecule has 0 aliphatic heterocycles. The van der Waals surface area contributed by atoms with Crippen LogP contribution in [0.3, 0.4) is 0 Å². The van der Waals surface area contributed by atoms with E-state index in [0.717, 1.165) is 0 Å². The summed E-state index contributed by atoms with van der Waals surface area (Å²) in [4.78, 5) is 19.1. The summed E-state index contributed by atoms with van der Waals surface area (Å²) in [6.45, 7) is 2.83. The van der Waals surface area contributed by atoms with E-state index in [9.17, 15) is 4.79 Å². The molecular formula is C11H19N5O2. The van der Waals surface area contributed by atoms with Gasteiger partial charge in [0.15, 0.2) is 0 Å². The maximum Gasteiger partial charge on any atom is 0.305 e. The van der Waals surface area contributed by atoms with E-state index in [1.54, 1.807) is 20.0 Å². The topological polar surface area (TPSA) is 102 Å². The van der Waals surface area contributed by atoms with Crippen molar-refractivity contribution in [2.24, 2.45) is 0 Å². The predicted molar refractivity (Wildman–Crippen MR) is 70.3 cm³/mol. The fraction of sp³-hybridized carbons (Fsp3) is 0.545. The average Bonchev–Trinajstić information content (AvgIpc) is 2.34. The lowest BCUT2D eigenvalue weighted by atomic mass is 10.3. The number of hydrogen-bond donors (Lipinski definition) is 3. The van der Waals surface area contributed by atoms with Crippen LogP contribution in [0.15, 0.2) is 6.07 Å². The van der Waals surface area contributed by atoms with Gasteiger partial charge in [-0.15, -0.1) is 0 Å². The molecular weight excluding hydrogens is 234 g/mol. The molecule has 0 amide bonds. The second-order valence-electron chi connectivity index (χ2n) is 3.58. The molecule has 0 aliphatic rings. The summed E-state index contributed by atoms with van der Waals surface area (Å²) in [6, 6.07) is 1.75. The van der Waals surface area contributed by atoms with Crippen molar-refractivity contribution in [1.82, 2.24) is 9.97 Å². The zero-order valence-corrected chi connectivity index (χ0v) is 10.7. The van der Waals surface area contributed by atoms with Crippen LogP contribution in [-0.2, 0) is 9.53 Å². The number of carbonyl (C=O) groups is 1. The van der Waals surface area contributed by atoms with Gasteiger partial charge in [0.2, 0.25) is 5.95 Å². The SMILES string of the molecule is CCOC(=O)CCCNc1cc(NC)nc(N)n1. The normalized spacial score (nSPS) is 9.89. The van der Waals surface area contributed by atoms with E-state index in [0.29, 0.717) is 37.6 Å². The Hall–Kier alpha value is -2.05. The first-order chi connectivity index (χ1) is 8.65. The van der Waals surface area contributed by atoms with Crippen LogP contribution in [-0.4, -0.2) is 36.1 Å². The van der Waals surface area contributed by atoms with Crippen molar-refractivity contribution < 1.29 is 9.53 Å². The molecule has 4 N–H and O–H groups in total. The van der Waals surface area contributed by atoms with Gasteiger partial charge in [-0.2, -0.15) is 9.97 Å². The second-order valence-corrected chi connectivity index (χ2v) is 3.58. The molecule has 0 radical (unpaired) electrons. The van der Waals surface area contributed by atoms with E-state index in [1.165, 1.54) is 0 Å². The van der Waals surface area contributed by atoms with Crippen molar-refractivity contribution in [3.05, 3.63) is 6.07 Å². The van der Waals surface area contributed by atoms with Gasteiger partial charge in [0.1, 0.15) is 11.6 Å². The minimum absolute atomic E-state index is 0.183. The fourth-order valence-electron chi connectivity index (χ4n) is 1.37. The third-order valence-electron chi connectivity index (χ3n) is 2.17. The third kappa shape index (κ3) is 4.86. The van der Waals surface area contributed by atoms with Crippen LogP contribution in [0.1, 0.15) is 19.8 Å². The van der Waals surface area contributed by atoms with E-state index in [-0.39, 0.29) is 11.9 Å². The maximum atomic E-state index is 11.1. The zero-order chi connectivity index (χ0) is 13.4. The quantitative estimate of drug-likeness (QED) is 0.489. The minimum Gasteiger partial charge on any atom is -0.466 e. The van der Waals surface area contributed by atoms with E-state index in [2.05, 4.69) is 20.6 Å². The molecule has 0 atom stereocenters. The van der Waals surface area contributed by atoms with Crippen molar-refractivity contribution in [2.75, 3.05) is 36.6 Å². The van der Waals surface area contributed by atoms with E-state index in [4.69, 9.17) is 10.5 Å². The summed E-state index contributed by atoms with van der Waals surface area (Å²) in [6.07, 6.45) is 1.07. The molecule has 1 aromatic rings. The Kier molecular flexibility index (Phi) is 5.69. The van der Waals surface area contributed by atoms with Crippen LogP contribution >= 0.6 is 0 Å². The first kappa shape index (κ1) is 14.0. The minimum atomic E-state index is -0.183. The van der Waals surface area contributed by atoms with Gasteiger partial charge in [0.05, 0.1) is 6.61 Å². The van der Waals surface area contributed by atoms with Crippen LogP contribution in [0.5, 0.6) is 0 Å².